The lowest BCUT2D eigenvalue weighted by atomic mass is 9.79. The molecule has 26 heavy (non-hydrogen) atoms. The monoisotopic (exact) mass is 368 g/mol. The molecule has 1 rings (SSSR count). The zero-order valence-electron chi connectivity index (χ0n) is 17.3. The fourth-order valence-corrected chi connectivity index (χ4v) is 3.57. The summed E-state index contributed by atoms with van der Waals surface area (Å²) in [5, 5.41) is 0. The molecule has 0 aromatic carbocycles. The third-order valence-electron chi connectivity index (χ3n) is 5.17. The first-order chi connectivity index (χ1) is 12.6. The van der Waals surface area contributed by atoms with Crippen LogP contribution in [0.4, 0.5) is 0 Å². The topological polar surface area (TPSA) is 52.6 Å². The summed E-state index contributed by atoms with van der Waals surface area (Å²) in [7, 11) is 0. The van der Waals surface area contributed by atoms with E-state index in [0.29, 0.717) is 19.1 Å². The van der Waals surface area contributed by atoms with Crippen molar-refractivity contribution in [3.8, 4) is 0 Å². The third kappa shape index (κ3) is 9.59. The zero-order valence-corrected chi connectivity index (χ0v) is 17.3. The number of unbranched alkanes of at least 4 members (excludes halogenated alkanes) is 7. The van der Waals surface area contributed by atoms with Crippen molar-refractivity contribution in [3.63, 3.8) is 0 Å². The summed E-state index contributed by atoms with van der Waals surface area (Å²) in [6, 6.07) is 0. The summed E-state index contributed by atoms with van der Waals surface area (Å²) < 4.78 is 10.9. The lowest BCUT2D eigenvalue weighted by molar-refractivity contribution is -0.163. The summed E-state index contributed by atoms with van der Waals surface area (Å²) in [5.41, 5.74) is 0. The van der Waals surface area contributed by atoms with Gasteiger partial charge in [0, 0.05) is 0 Å². The lowest BCUT2D eigenvalue weighted by Crippen LogP contribution is -2.35. The number of hydrogen-bond acceptors (Lipinski definition) is 4. The Morgan fingerprint density at radius 2 is 1.31 bits per heavy atom. The van der Waals surface area contributed by atoms with E-state index in [1.807, 2.05) is 13.8 Å². The molecular formula is C22H40O4. The van der Waals surface area contributed by atoms with Crippen LogP contribution >= 0.6 is 0 Å². The normalized spacial score (nSPS) is 20.2. The summed E-state index contributed by atoms with van der Waals surface area (Å²) in [4.78, 5) is 24.7. The van der Waals surface area contributed by atoms with Gasteiger partial charge < -0.3 is 9.47 Å². The first kappa shape index (κ1) is 23.0. The number of ether oxygens (including phenoxy) is 2. The van der Waals surface area contributed by atoms with Gasteiger partial charge in [-0.3, -0.25) is 9.59 Å². The molecule has 0 aliphatic heterocycles. The molecule has 152 valence electrons. The van der Waals surface area contributed by atoms with Crippen LogP contribution < -0.4 is 0 Å². The molecule has 0 spiro atoms. The highest BCUT2D eigenvalue weighted by Gasteiger charge is 2.37. The van der Waals surface area contributed by atoms with E-state index < -0.39 is 0 Å². The SMILES string of the molecule is CCCCCCCCCCOC(=O)C1CCCCC1C(=O)OCC(C)C. The van der Waals surface area contributed by atoms with Crippen LogP contribution in [-0.2, 0) is 19.1 Å². The van der Waals surface area contributed by atoms with E-state index in [4.69, 9.17) is 9.47 Å². The Balaban J connectivity index is 2.23. The molecule has 4 heteroatoms. The molecule has 2 atom stereocenters. The van der Waals surface area contributed by atoms with Crippen molar-refractivity contribution in [1.82, 2.24) is 0 Å². The lowest BCUT2D eigenvalue weighted by Gasteiger charge is -2.28. The molecule has 0 aromatic heterocycles. The van der Waals surface area contributed by atoms with Crippen LogP contribution in [0.3, 0.4) is 0 Å². The number of carbonyl (C=O) groups excluding carboxylic acids is 2. The molecule has 0 saturated heterocycles. The number of rotatable bonds is 13. The second-order valence-electron chi connectivity index (χ2n) is 8.16. The van der Waals surface area contributed by atoms with E-state index in [-0.39, 0.29) is 23.8 Å². The maximum atomic E-state index is 12.4. The minimum atomic E-state index is -0.312. The fraction of sp³-hybridized carbons (Fsp3) is 0.909. The average Bonchev–Trinajstić information content (AvgIpc) is 2.64. The predicted octanol–water partition coefficient (Wildman–Crippen LogP) is 5.68. The van der Waals surface area contributed by atoms with Gasteiger partial charge in [-0.15, -0.1) is 0 Å². The quantitative estimate of drug-likeness (QED) is 0.310. The number of esters is 2. The van der Waals surface area contributed by atoms with Crippen molar-refractivity contribution >= 4 is 11.9 Å². The van der Waals surface area contributed by atoms with Crippen molar-refractivity contribution in [1.29, 1.82) is 0 Å². The number of hydrogen-bond donors (Lipinski definition) is 0. The van der Waals surface area contributed by atoms with Gasteiger partial charge in [-0.25, -0.2) is 0 Å². The summed E-state index contributed by atoms with van der Waals surface area (Å²) in [5.74, 6) is -0.715. The van der Waals surface area contributed by atoms with Gasteiger partial charge in [0.25, 0.3) is 0 Å². The molecular weight excluding hydrogens is 328 g/mol. The van der Waals surface area contributed by atoms with Gasteiger partial charge in [-0.2, -0.15) is 0 Å². The first-order valence-electron chi connectivity index (χ1n) is 10.9. The molecule has 0 bridgehead atoms. The zero-order chi connectivity index (χ0) is 19.2. The predicted molar refractivity (Wildman–Crippen MR) is 105 cm³/mol. The molecule has 4 nitrogen and oxygen atoms in total. The minimum Gasteiger partial charge on any atom is -0.465 e. The smallest absolute Gasteiger partial charge is 0.309 e. The number of carbonyl (C=O) groups is 2. The van der Waals surface area contributed by atoms with Crippen LogP contribution in [-0.4, -0.2) is 25.2 Å². The Bertz CT molecular complexity index is 392. The Morgan fingerprint density at radius 1 is 0.808 bits per heavy atom. The Hall–Kier alpha value is -1.06. The van der Waals surface area contributed by atoms with Crippen molar-refractivity contribution in [2.45, 2.75) is 97.8 Å². The van der Waals surface area contributed by atoms with Gasteiger partial charge in [0.1, 0.15) is 0 Å². The molecule has 1 saturated carbocycles. The minimum absolute atomic E-state index is 0.195. The molecule has 1 fully saturated rings. The van der Waals surface area contributed by atoms with Crippen LogP contribution in [0.15, 0.2) is 0 Å². The second kappa shape index (κ2) is 14.1. The Kier molecular flexibility index (Phi) is 12.4. The highest BCUT2D eigenvalue weighted by Crippen LogP contribution is 2.32. The van der Waals surface area contributed by atoms with Gasteiger partial charge in [-0.1, -0.05) is 78.6 Å². The van der Waals surface area contributed by atoms with Crippen LogP contribution in [0.25, 0.3) is 0 Å². The molecule has 0 radical (unpaired) electrons. The molecule has 0 heterocycles. The average molecular weight is 369 g/mol. The van der Waals surface area contributed by atoms with Crippen LogP contribution in [0.2, 0.25) is 0 Å². The third-order valence-corrected chi connectivity index (χ3v) is 5.17. The molecule has 2 unspecified atom stereocenters. The van der Waals surface area contributed by atoms with Gasteiger partial charge in [0.2, 0.25) is 0 Å². The highest BCUT2D eigenvalue weighted by atomic mass is 16.5. The van der Waals surface area contributed by atoms with Gasteiger partial charge in [0.05, 0.1) is 25.0 Å². The van der Waals surface area contributed by atoms with Crippen LogP contribution in [0.1, 0.15) is 97.8 Å². The summed E-state index contributed by atoms with van der Waals surface area (Å²) in [6.45, 7) is 7.18. The van der Waals surface area contributed by atoms with E-state index in [0.717, 1.165) is 38.5 Å². The van der Waals surface area contributed by atoms with E-state index in [9.17, 15) is 9.59 Å². The van der Waals surface area contributed by atoms with Crippen LogP contribution in [0, 0.1) is 17.8 Å². The molecule has 0 amide bonds. The van der Waals surface area contributed by atoms with Gasteiger partial charge in [0.15, 0.2) is 0 Å². The standard InChI is InChI=1S/C22H40O4/c1-4-5-6-7-8-9-10-13-16-25-21(23)19-14-11-12-15-20(19)22(24)26-17-18(2)3/h18-20H,4-17H2,1-3H3. The van der Waals surface area contributed by atoms with Gasteiger partial charge in [-0.05, 0) is 25.2 Å². The second-order valence-corrected chi connectivity index (χ2v) is 8.16. The van der Waals surface area contributed by atoms with E-state index in [2.05, 4.69) is 6.92 Å². The van der Waals surface area contributed by atoms with Gasteiger partial charge >= 0.3 is 11.9 Å². The summed E-state index contributed by atoms with van der Waals surface area (Å²) in [6.07, 6.45) is 13.3. The molecule has 1 aliphatic carbocycles. The maximum Gasteiger partial charge on any atom is 0.309 e. The Morgan fingerprint density at radius 3 is 1.85 bits per heavy atom. The maximum absolute atomic E-state index is 12.4. The summed E-state index contributed by atoms with van der Waals surface area (Å²) >= 11 is 0. The van der Waals surface area contributed by atoms with Crippen LogP contribution in [0.5, 0.6) is 0 Å². The van der Waals surface area contributed by atoms with E-state index >= 15 is 0 Å². The van der Waals surface area contributed by atoms with E-state index in [1.54, 1.807) is 0 Å². The van der Waals surface area contributed by atoms with Crippen molar-refractivity contribution in [2.24, 2.45) is 17.8 Å². The largest absolute Gasteiger partial charge is 0.465 e. The fourth-order valence-electron chi connectivity index (χ4n) is 3.57. The van der Waals surface area contributed by atoms with Crippen molar-refractivity contribution in [2.75, 3.05) is 13.2 Å². The molecule has 0 aromatic rings. The highest BCUT2D eigenvalue weighted by molar-refractivity contribution is 5.82. The molecule has 0 N–H and O–H groups in total. The van der Waals surface area contributed by atoms with Crippen molar-refractivity contribution < 1.29 is 19.1 Å². The van der Waals surface area contributed by atoms with Crippen molar-refractivity contribution in [3.05, 3.63) is 0 Å². The first-order valence-corrected chi connectivity index (χ1v) is 10.9. The molecule has 1 aliphatic rings. The Labute approximate surface area is 160 Å². The van der Waals surface area contributed by atoms with E-state index in [1.165, 1.54) is 38.5 Å².